The number of nitrogens with one attached hydrogen (secondary N) is 2. The molecule has 0 unspecified atom stereocenters. The zero-order valence-corrected chi connectivity index (χ0v) is 21.9. The lowest BCUT2D eigenvalue weighted by atomic mass is 9.90. The average Bonchev–Trinajstić information content (AvgIpc) is 3.60. The van der Waals surface area contributed by atoms with Crippen molar-refractivity contribution in [2.45, 2.75) is 58.1 Å². The van der Waals surface area contributed by atoms with Gasteiger partial charge in [-0.15, -0.1) is 5.10 Å². The Balaban J connectivity index is 1.64. The van der Waals surface area contributed by atoms with Crippen molar-refractivity contribution in [2.24, 2.45) is 5.92 Å². The van der Waals surface area contributed by atoms with Crippen molar-refractivity contribution in [3.05, 3.63) is 76.5 Å². The number of aromatic nitrogens is 4. The van der Waals surface area contributed by atoms with Crippen LogP contribution in [0.3, 0.4) is 0 Å². The summed E-state index contributed by atoms with van der Waals surface area (Å²) in [7, 11) is 0. The zero-order chi connectivity index (χ0) is 27.2. The first-order valence-electron chi connectivity index (χ1n) is 12.8. The van der Waals surface area contributed by atoms with E-state index in [1.807, 2.05) is 6.07 Å². The molecule has 37 heavy (non-hydrogen) atoms. The van der Waals surface area contributed by atoms with E-state index >= 15 is 0 Å². The average molecular weight is 519 g/mol. The molecule has 0 aliphatic heterocycles. The van der Waals surface area contributed by atoms with E-state index in [2.05, 4.69) is 59.7 Å². The largest absolute Gasteiger partial charge is 0.378 e. The molecule has 2 aromatic heterocycles. The van der Waals surface area contributed by atoms with Crippen LogP contribution in [0.15, 0.2) is 48.8 Å². The summed E-state index contributed by atoms with van der Waals surface area (Å²) >= 11 is 6.70. The van der Waals surface area contributed by atoms with Crippen molar-refractivity contribution < 1.29 is 5.76 Å². The highest BCUT2D eigenvalue weighted by Crippen LogP contribution is 2.38. The van der Waals surface area contributed by atoms with Crippen LogP contribution in [-0.2, 0) is 0 Å². The van der Waals surface area contributed by atoms with Gasteiger partial charge in [-0.3, -0.25) is 4.98 Å². The van der Waals surface area contributed by atoms with Crippen LogP contribution >= 0.6 is 11.6 Å². The summed E-state index contributed by atoms with van der Waals surface area (Å²) in [6.45, 7) is 8.35. The summed E-state index contributed by atoms with van der Waals surface area (Å²) in [6.07, 6.45) is 5.32. The van der Waals surface area contributed by atoms with Crippen molar-refractivity contribution in [3.63, 3.8) is 0 Å². The number of nitriles is 1. The molecule has 9 heteroatoms. The first kappa shape index (κ1) is 23.7. The molecule has 4 aromatic rings. The number of benzene rings is 2. The molecule has 1 fully saturated rings. The molecular formula is C28H29ClFN7. The predicted octanol–water partition coefficient (Wildman–Crippen LogP) is 6.87. The molecule has 0 spiro atoms. The van der Waals surface area contributed by atoms with Crippen molar-refractivity contribution in [1.82, 2.24) is 20.0 Å². The number of hydrogen-bond donors (Lipinski definition) is 2. The van der Waals surface area contributed by atoms with Gasteiger partial charge >= 0.3 is 0 Å². The number of hydrogen-bond acceptors (Lipinski definition) is 6. The van der Waals surface area contributed by atoms with Gasteiger partial charge in [-0.2, -0.15) is 5.26 Å². The number of anilines is 2. The third kappa shape index (κ3) is 5.09. The molecule has 1 saturated carbocycles. The van der Waals surface area contributed by atoms with Gasteiger partial charge in [0, 0.05) is 22.8 Å². The van der Waals surface area contributed by atoms with Gasteiger partial charge in [-0.1, -0.05) is 42.8 Å². The van der Waals surface area contributed by atoms with Crippen molar-refractivity contribution in [3.8, 4) is 6.07 Å². The van der Waals surface area contributed by atoms with Gasteiger partial charge in [-0.05, 0) is 62.4 Å². The van der Waals surface area contributed by atoms with Crippen LogP contribution in [0.2, 0.25) is 5.02 Å². The van der Waals surface area contributed by atoms with Crippen molar-refractivity contribution in [2.75, 3.05) is 10.6 Å². The molecule has 2 heterocycles. The minimum absolute atomic E-state index is 0.266. The van der Waals surface area contributed by atoms with Crippen LogP contribution in [-0.4, -0.2) is 25.5 Å². The monoisotopic (exact) mass is 518 g/mol. The smallest absolute Gasteiger partial charge is 0.123 e. The van der Waals surface area contributed by atoms with Gasteiger partial charge in [0.25, 0.3) is 0 Å². The van der Waals surface area contributed by atoms with E-state index in [-0.39, 0.29) is 17.5 Å². The summed E-state index contributed by atoms with van der Waals surface area (Å²) in [5.41, 5.74) is 2.60. The van der Waals surface area contributed by atoms with Gasteiger partial charge in [0.05, 0.1) is 41.4 Å². The van der Waals surface area contributed by atoms with Gasteiger partial charge in [0.2, 0.25) is 0 Å². The van der Waals surface area contributed by atoms with E-state index in [0.29, 0.717) is 44.1 Å². The van der Waals surface area contributed by atoms with E-state index in [9.17, 15) is 11.0 Å². The third-order valence-electron chi connectivity index (χ3n) is 7.03. The summed E-state index contributed by atoms with van der Waals surface area (Å²) in [5, 5.41) is 26.2. The highest BCUT2D eigenvalue weighted by Gasteiger charge is 2.28. The van der Waals surface area contributed by atoms with E-state index in [4.69, 9.17) is 11.6 Å². The Morgan fingerprint density at radius 3 is 2.62 bits per heavy atom. The van der Waals surface area contributed by atoms with E-state index in [1.165, 1.54) is 18.3 Å². The molecule has 0 radical (unpaired) electrons. The fourth-order valence-corrected chi connectivity index (χ4v) is 4.24. The highest BCUT2D eigenvalue weighted by atomic mass is 35.5. The first-order valence-corrected chi connectivity index (χ1v) is 12.7. The van der Waals surface area contributed by atoms with E-state index < -0.39 is 11.8 Å². The van der Waals surface area contributed by atoms with Crippen LogP contribution in [0.1, 0.15) is 70.8 Å². The normalized spacial score (nSPS) is 15.8. The molecule has 5 rings (SSSR count). The molecule has 190 valence electrons. The second-order valence-electron chi connectivity index (χ2n) is 10.3. The standard InChI is InChI=1S/C28H29ClFN7/c1-16(2)28(3,4)34-25-18(13-31)14-32-27-22(25)11-20(12-23(27)29)33-26(17-5-7-19(30)8-6-17)24-15-37(36-35-24)21-9-10-21/h5-8,11-12,14-16,21,26,33H,9-10H2,1-4H3,(H,32,34)/t26-/m0/s1/i26D. The Hall–Kier alpha value is -3.70. The maximum atomic E-state index is 13.8. The summed E-state index contributed by atoms with van der Waals surface area (Å²) in [4.78, 5) is 4.44. The summed E-state index contributed by atoms with van der Waals surface area (Å²) < 4.78 is 25.1. The predicted molar refractivity (Wildman–Crippen MR) is 144 cm³/mol. The Bertz CT molecular complexity index is 1540. The quantitative estimate of drug-likeness (QED) is 0.264. The molecule has 0 saturated heterocycles. The second-order valence-corrected chi connectivity index (χ2v) is 10.7. The van der Waals surface area contributed by atoms with Crippen LogP contribution in [0.4, 0.5) is 15.8 Å². The molecule has 1 atom stereocenters. The molecule has 1 aliphatic carbocycles. The number of rotatable bonds is 8. The van der Waals surface area contributed by atoms with Crippen LogP contribution < -0.4 is 10.6 Å². The summed E-state index contributed by atoms with van der Waals surface area (Å²) in [6, 6.07) is 10.2. The molecular weight excluding hydrogens is 489 g/mol. The Morgan fingerprint density at radius 1 is 1.24 bits per heavy atom. The maximum absolute atomic E-state index is 13.8. The number of halogens is 2. The molecule has 0 bridgehead atoms. The van der Waals surface area contributed by atoms with Crippen molar-refractivity contribution >= 4 is 33.9 Å². The van der Waals surface area contributed by atoms with Gasteiger partial charge in [0.15, 0.2) is 0 Å². The lowest BCUT2D eigenvalue weighted by molar-refractivity contribution is 0.408. The molecule has 0 amide bonds. The maximum Gasteiger partial charge on any atom is 0.123 e. The van der Waals surface area contributed by atoms with Gasteiger partial charge < -0.3 is 10.6 Å². The lowest BCUT2D eigenvalue weighted by Crippen LogP contribution is -2.37. The van der Waals surface area contributed by atoms with Gasteiger partial charge in [-0.25, -0.2) is 9.07 Å². The minimum atomic E-state index is -1.59. The van der Waals surface area contributed by atoms with Gasteiger partial charge in [0.1, 0.15) is 17.6 Å². The van der Waals surface area contributed by atoms with Crippen molar-refractivity contribution in [1.29, 1.82) is 5.26 Å². The fourth-order valence-electron chi connectivity index (χ4n) is 3.97. The topological polar surface area (TPSA) is 91.5 Å². The lowest BCUT2D eigenvalue weighted by Gasteiger charge is -2.32. The molecule has 2 N–H and O–H groups in total. The number of nitrogens with zero attached hydrogens (tertiary/aromatic N) is 5. The van der Waals surface area contributed by atoms with Crippen LogP contribution in [0.5, 0.6) is 0 Å². The fraction of sp³-hybridized carbons (Fsp3) is 0.357. The number of pyridine rings is 1. The SMILES string of the molecule is [2H][C@](Nc1cc(Cl)c2ncc(C#N)c(NC(C)(C)C(C)C)c2c1)(c1ccc(F)cc1)c1cn(C2CC2)nn1. The Morgan fingerprint density at radius 2 is 1.97 bits per heavy atom. The van der Waals surface area contributed by atoms with E-state index in [1.54, 1.807) is 29.1 Å². The highest BCUT2D eigenvalue weighted by molar-refractivity contribution is 6.35. The van der Waals surface area contributed by atoms with Crippen LogP contribution in [0.25, 0.3) is 10.9 Å². The Labute approximate surface area is 222 Å². The first-order chi connectivity index (χ1) is 18.0. The zero-order valence-electron chi connectivity index (χ0n) is 22.2. The van der Waals surface area contributed by atoms with E-state index in [0.717, 1.165) is 12.8 Å². The molecule has 7 nitrogen and oxygen atoms in total. The Kier molecular flexibility index (Phi) is 6.17. The molecule has 2 aromatic carbocycles. The number of fused-ring (bicyclic) bond motifs is 1. The second kappa shape index (κ2) is 9.64. The van der Waals surface area contributed by atoms with Crippen LogP contribution in [0, 0.1) is 23.1 Å². The molecule has 1 aliphatic rings. The third-order valence-corrected chi connectivity index (χ3v) is 7.31. The minimum Gasteiger partial charge on any atom is -0.378 e. The summed E-state index contributed by atoms with van der Waals surface area (Å²) in [5.74, 6) is -0.132.